The Morgan fingerprint density at radius 3 is 3.18 bits per heavy atom. The van der Waals surface area contributed by atoms with Gasteiger partial charge in [0.15, 0.2) is 0 Å². The molecule has 0 saturated carbocycles. The third-order valence-electron chi connectivity index (χ3n) is 3.06. The lowest BCUT2D eigenvalue weighted by molar-refractivity contribution is 0.0720. The zero-order valence-electron chi connectivity index (χ0n) is 10.2. The molecule has 1 aromatic carbocycles. The number of ether oxygens (including phenoxy) is 2. The molecule has 4 nitrogen and oxygen atoms in total. The molecule has 1 aliphatic rings. The summed E-state index contributed by atoms with van der Waals surface area (Å²) in [5, 5.41) is 3.41. The Morgan fingerprint density at radius 2 is 2.47 bits per heavy atom. The lowest BCUT2D eigenvalue weighted by Crippen LogP contribution is -2.42. The number of morpholine rings is 1. The fraction of sp³-hybridized carbons (Fsp3) is 0.538. The maximum absolute atomic E-state index is 6.20. The van der Waals surface area contributed by atoms with Gasteiger partial charge in [0.25, 0.3) is 0 Å². The van der Waals surface area contributed by atoms with Gasteiger partial charge < -0.3 is 20.5 Å². The SMILES string of the molecule is COc1cccc(C(N)CC2COCCN2)c1. The summed E-state index contributed by atoms with van der Waals surface area (Å²) in [5.41, 5.74) is 7.31. The van der Waals surface area contributed by atoms with E-state index in [1.807, 2.05) is 24.3 Å². The zero-order chi connectivity index (χ0) is 12.1. The molecule has 0 spiro atoms. The van der Waals surface area contributed by atoms with Crippen molar-refractivity contribution in [2.75, 3.05) is 26.9 Å². The number of benzene rings is 1. The Balaban J connectivity index is 1.95. The lowest BCUT2D eigenvalue weighted by Gasteiger charge is -2.26. The van der Waals surface area contributed by atoms with Crippen LogP contribution in [0.5, 0.6) is 5.75 Å². The summed E-state index contributed by atoms with van der Waals surface area (Å²) in [7, 11) is 1.67. The van der Waals surface area contributed by atoms with Crippen LogP contribution in [0.3, 0.4) is 0 Å². The van der Waals surface area contributed by atoms with Gasteiger partial charge in [0.05, 0.1) is 20.3 Å². The standard InChI is InChI=1S/C13H20N2O2/c1-16-12-4-2-3-10(7-12)13(14)8-11-9-17-6-5-15-11/h2-4,7,11,13,15H,5-6,8-9,14H2,1H3. The van der Waals surface area contributed by atoms with E-state index in [9.17, 15) is 0 Å². The fourth-order valence-corrected chi connectivity index (χ4v) is 2.09. The Kier molecular flexibility index (Phi) is 4.36. The Labute approximate surface area is 102 Å². The third kappa shape index (κ3) is 3.43. The maximum Gasteiger partial charge on any atom is 0.119 e. The van der Waals surface area contributed by atoms with Gasteiger partial charge in [0, 0.05) is 18.6 Å². The van der Waals surface area contributed by atoms with Crippen LogP contribution in [0.1, 0.15) is 18.0 Å². The molecule has 1 aromatic rings. The minimum atomic E-state index is 0.0179. The first-order valence-corrected chi connectivity index (χ1v) is 6.00. The van der Waals surface area contributed by atoms with Crippen LogP contribution in [-0.4, -0.2) is 32.9 Å². The molecule has 1 saturated heterocycles. The number of nitrogens with two attached hydrogens (primary N) is 1. The Bertz CT molecular complexity index is 351. The summed E-state index contributed by atoms with van der Waals surface area (Å²) in [6, 6.07) is 8.30. The lowest BCUT2D eigenvalue weighted by atomic mass is 10.00. The summed E-state index contributed by atoms with van der Waals surface area (Å²) in [5.74, 6) is 0.853. The van der Waals surface area contributed by atoms with Gasteiger partial charge in [0.2, 0.25) is 0 Å². The molecule has 17 heavy (non-hydrogen) atoms. The molecule has 94 valence electrons. The molecule has 1 fully saturated rings. The molecule has 0 aliphatic carbocycles. The van der Waals surface area contributed by atoms with Gasteiger partial charge in [-0.1, -0.05) is 12.1 Å². The van der Waals surface area contributed by atoms with E-state index in [4.69, 9.17) is 15.2 Å². The quantitative estimate of drug-likeness (QED) is 0.821. The topological polar surface area (TPSA) is 56.5 Å². The molecule has 1 aliphatic heterocycles. The van der Waals surface area contributed by atoms with Gasteiger partial charge in [-0.15, -0.1) is 0 Å². The van der Waals surface area contributed by atoms with E-state index in [-0.39, 0.29) is 6.04 Å². The molecule has 0 amide bonds. The van der Waals surface area contributed by atoms with Gasteiger partial charge in [-0.3, -0.25) is 0 Å². The minimum absolute atomic E-state index is 0.0179. The van der Waals surface area contributed by atoms with Crippen molar-refractivity contribution in [1.82, 2.24) is 5.32 Å². The summed E-state index contributed by atoms with van der Waals surface area (Å²) < 4.78 is 10.6. The van der Waals surface area contributed by atoms with Crippen molar-refractivity contribution in [1.29, 1.82) is 0 Å². The van der Waals surface area contributed by atoms with E-state index in [0.29, 0.717) is 6.04 Å². The number of hydrogen-bond donors (Lipinski definition) is 2. The first-order valence-electron chi connectivity index (χ1n) is 6.00. The van der Waals surface area contributed by atoms with Gasteiger partial charge in [-0.25, -0.2) is 0 Å². The summed E-state index contributed by atoms with van der Waals surface area (Å²) in [6.45, 7) is 2.46. The number of hydrogen-bond acceptors (Lipinski definition) is 4. The predicted molar refractivity (Wildman–Crippen MR) is 67.1 cm³/mol. The molecule has 2 unspecified atom stereocenters. The molecule has 3 N–H and O–H groups in total. The molecular weight excluding hydrogens is 216 g/mol. The third-order valence-corrected chi connectivity index (χ3v) is 3.06. The number of nitrogens with one attached hydrogen (secondary N) is 1. The van der Waals surface area contributed by atoms with Crippen molar-refractivity contribution in [3.8, 4) is 5.75 Å². The van der Waals surface area contributed by atoms with Crippen molar-refractivity contribution >= 4 is 0 Å². The smallest absolute Gasteiger partial charge is 0.119 e. The fourth-order valence-electron chi connectivity index (χ4n) is 2.09. The van der Waals surface area contributed by atoms with E-state index < -0.39 is 0 Å². The van der Waals surface area contributed by atoms with E-state index in [1.54, 1.807) is 7.11 Å². The van der Waals surface area contributed by atoms with Crippen molar-refractivity contribution in [3.63, 3.8) is 0 Å². The van der Waals surface area contributed by atoms with Crippen LogP contribution in [0, 0.1) is 0 Å². The average Bonchev–Trinajstić information content (AvgIpc) is 2.40. The number of methoxy groups -OCH3 is 1. The summed E-state index contributed by atoms with van der Waals surface area (Å²) in [6.07, 6.45) is 0.882. The van der Waals surface area contributed by atoms with Crippen molar-refractivity contribution in [3.05, 3.63) is 29.8 Å². The van der Waals surface area contributed by atoms with E-state index >= 15 is 0 Å². The highest BCUT2D eigenvalue weighted by Gasteiger charge is 2.17. The minimum Gasteiger partial charge on any atom is -0.497 e. The largest absolute Gasteiger partial charge is 0.497 e. The van der Waals surface area contributed by atoms with Crippen LogP contribution in [0.15, 0.2) is 24.3 Å². The molecule has 4 heteroatoms. The van der Waals surface area contributed by atoms with Gasteiger partial charge >= 0.3 is 0 Å². The van der Waals surface area contributed by atoms with E-state index in [1.165, 1.54) is 0 Å². The monoisotopic (exact) mass is 236 g/mol. The van der Waals surface area contributed by atoms with Crippen molar-refractivity contribution in [2.24, 2.45) is 5.73 Å². The predicted octanol–water partition coefficient (Wildman–Crippen LogP) is 1.07. The molecule has 2 atom stereocenters. The Morgan fingerprint density at radius 1 is 1.59 bits per heavy atom. The second kappa shape index (κ2) is 6.00. The van der Waals surface area contributed by atoms with Crippen LogP contribution in [-0.2, 0) is 4.74 Å². The van der Waals surface area contributed by atoms with Crippen LogP contribution in [0.4, 0.5) is 0 Å². The van der Waals surface area contributed by atoms with Crippen molar-refractivity contribution < 1.29 is 9.47 Å². The van der Waals surface area contributed by atoms with Gasteiger partial charge in [-0.2, -0.15) is 0 Å². The highest BCUT2D eigenvalue weighted by Crippen LogP contribution is 2.21. The zero-order valence-corrected chi connectivity index (χ0v) is 10.2. The molecule has 0 aromatic heterocycles. The Hall–Kier alpha value is -1.10. The van der Waals surface area contributed by atoms with E-state index in [0.717, 1.165) is 37.5 Å². The van der Waals surface area contributed by atoms with Crippen LogP contribution in [0.25, 0.3) is 0 Å². The first kappa shape index (κ1) is 12.4. The summed E-state index contributed by atoms with van der Waals surface area (Å²) in [4.78, 5) is 0. The molecular formula is C13H20N2O2. The van der Waals surface area contributed by atoms with Crippen molar-refractivity contribution in [2.45, 2.75) is 18.5 Å². The van der Waals surface area contributed by atoms with Crippen LogP contribution >= 0.6 is 0 Å². The highest BCUT2D eigenvalue weighted by molar-refractivity contribution is 5.30. The van der Waals surface area contributed by atoms with Gasteiger partial charge in [0.1, 0.15) is 5.75 Å². The first-order chi connectivity index (χ1) is 8.29. The average molecular weight is 236 g/mol. The molecule has 2 rings (SSSR count). The second-order valence-electron chi connectivity index (χ2n) is 4.34. The summed E-state index contributed by atoms with van der Waals surface area (Å²) >= 11 is 0. The maximum atomic E-state index is 6.20. The van der Waals surface area contributed by atoms with Gasteiger partial charge in [-0.05, 0) is 24.1 Å². The molecule has 1 heterocycles. The molecule has 0 bridgehead atoms. The highest BCUT2D eigenvalue weighted by atomic mass is 16.5. The molecule has 0 radical (unpaired) electrons. The second-order valence-corrected chi connectivity index (χ2v) is 4.34. The van der Waals surface area contributed by atoms with E-state index in [2.05, 4.69) is 5.32 Å². The number of rotatable bonds is 4. The van der Waals surface area contributed by atoms with Crippen LogP contribution in [0.2, 0.25) is 0 Å². The van der Waals surface area contributed by atoms with Crippen LogP contribution < -0.4 is 15.8 Å². The normalized spacial score (nSPS) is 22.1.